The van der Waals surface area contributed by atoms with Gasteiger partial charge in [-0.05, 0) is 0 Å². The number of phosphoric acid groups is 1. The van der Waals surface area contributed by atoms with Gasteiger partial charge in [0, 0.05) is 7.11 Å². The summed E-state index contributed by atoms with van der Waals surface area (Å²) in [6.45, 7) is -0.805. The maximum absolute atomic E-state index is 11.1. The summed E-state index contributed by atoms with van der Waals surface area (Å²) in [6, 6.07) is 0. The number of cyclic esters (lactones) is 1. The summed E-state index contributed by atoms with van der Waals surface area (Å²) in [4.78, 5) is 20.0. The van der Waals surface area contributed by atoms with Gasteiger partial charge < -0.3 is 24.6 Å². The molecule has 3 atom stereocenters. The zero-order chi connectivity index (χ0) is 13.2. The zero-order valence-corrected chi connectivity index (χ0v) is 9.53. The van der Waals surface area contributed by atoms with E-state index in [1.54, 1.807) is 0 Å². The van der Waals surface area contributed by atoms with Crippen LogP contribution in [0.3, 0.4) is 0 Å². The molecule has 17 heavy (non-hydrogen) atoms. The summed E-state index contributed by atoms with van der Waals surface area (Å²) < 4.78 is 24.0. The number of esters is 1. The van der Waals surface area contributed by atoms with E-state index in [0.29, 0.717) is 0 Å². The number of ether oxygens (including phenoxy) is 1. The molecular formula is C7H11O9P. The molecule has 1 aliphatic heterocycles. The molecule has 0 spiro atoms. The fourth-order valence-corrected chi connectivity index (χ4v) is 1.58. The van der Waals surface area contributed by atoms with Gasteiger partial charge in [-0.1, -0.05) is 0 Å². The molecule has 1 rings (SSSR count). The molecule has 0 amide bonds. The molecule has 0 aliphatic carbocycles. The molecule has 0 aromatic heterocycles. The van der Waals surface area contributed by atoms with Crippen molar-refractivity contribution in [3.63, 3.8) is 0 Å². The van der Waals surface area contributed by atoms with Gasteiger partial charge in [-0.25, -0.2) is 9.36 Å². The van der Waals surface area contributed by atoms with Crippen LogP contribution in [0.5, 0.6) is 0 Å². The quantitative estimate of drug-likeness (QED) is 0.357. The van der Waals surface area contributed by atoms with E-state index < -0.39 is 44.1 Å². The molecule has 0 bridgehead atoms. The predicted molar refractivity (Wildman–Crippen MR) is 50.5 cm³/mol. The number of hydrogen-bond donors (Lipinski definition) is 4. The molecule has 0 aromatic carbocycles. The molecule has 0 fully saturated rings. The number of hydrogen-bond acceptors (Lipinski definition) is 8. The van der Waals surface area contributed by atoms with Crippen molar-refractivity contribution < 1.29 is 43.4 Å². The highest BCUT2D eigenvalue weighted by atomic mass is 31.2. The van der Waals surface area contributed by atoms with Crippen LogP contribution in [-0.2, 0) is 23.1 Å². The predicted octanol–water partition coefficient (Wildman–Crippen LogP) is -1.20. The first-order valence-corrected chi connectivity index (χ1v) is 5.83. The normalized spacial score (nSPS) is 25.4. The van der Waals surface area contributed by atoms with Gasteiger partial charge >= 0.3 is 13.8 Å². The maximum atomic E-state index is 11.1. The third kappa shape index (κ3) is 2.96. The SMILES string of the molecule is COP(=O)(O)OC1=C(O)C(=O)OC1C(O)CO. The first-order valence-electron chi connectivity index (χ1n) is 4.33. The minimum absolute atomic E-state index is 0.760. The summed E-state index contributed by atoms with van der Waals surface area (Å²) >= 11 is 0. The minimum Gasteiger partial charge on any atom is -0.499 e. The van der Waals surface area contributed by atoms with Gasteiger partial charge in [0.2, 0.25) is 11.5 Å². The smallest absolute Gasteiger partial charge is 0.499 e. The lowest BCUT2D eigenvalue weighted by atomic mass is 10.2. The standard InChI is InChI=1S/C7H11O9P/c1-14-17(12,13)16-6-4(10)7(11)15-5(6)3(9)2-8/h3,5,8-10H,2H2,1H3,(H,12,13). The van der Waals surface area contributed by atoms with Gasteiger partial charge in [0.15, 0.2) is 6.10 Å². The van der Waals surface area contributed by atoms with Crippen molar-refractivity contribution >= 4 is 13.8 Å². The third-order valence-electron chi connectivity index (χ3n) is 1.90. The lowest BCUT2D eigenvalue weighted by Gasteiger charge is -2.19. The highest BCUT2D eigenvalue weighted by Gasteiger charge is 2.43. The van der Waals surface area contributed by atoms with Crippen molar-refractivity contribution in [3.8, 4) is 0 Å². The van der Waals surface area contributed by atoms with Crippen LogP contribution in [0.25, 0.3) is 0 Å². The molecule has 98 valence electrons. The van der Waals surface area contributed by atoms with Gasteiger partial charge in [-0.3, -0.25) is 9.42 Å². The van der Waals surface area contributed by atoms with Crippen molar-refractivity contribution in [1.82, 2.24) is 0 Å². The average molecular weight is 270 g/mol. The summed E-state index contributed by atoms with van der Waals surface area (Å²) in [5.74, 6) is -3.06. The highest BCUT2D eigenvalue weighted by molar-refractivity contribution is 7.47. The minimum atomic E-state index is -4.52. The molecule has 9 nitrogen and oxygen atoms in total. The van der Waals surface area contributed by atoms with Gasteiger partial charge in [-0.2, -0.15) is 0 Å². The molecule has 1 heterocycles. The Balaban J connectivity index is 2.98. The van der Waals surface area contributed by atoms with Crippen LogP contribution in [0.1, 0.15) is 0 Å². The van der Waals surface area contributed by atoms with Gasteiger partial charge in [-0.15, -0.1) is 0 Å². The molecule has 0 radical (unpaired) electrons. The van der Waals surface area contributed by atoms with Crippen molar-refractivity contribution in [3.05, 3.63) is 11.5 Å². The zero-order valence-electron chi connectivity index (χ0n) is 8.64. The summed E-state index contributed by atoms with van der Waals surface area (Å²) in [5, 5.41) is 27.2. The summed E-state index contributed by atoms with van der Waals surface area (Å²) in [7, 11) is -3.65. The lowest BCUT2D eigenvalue weighted by Crippen LogP contribution is -2.32. The second-order valence-corrected chi connectivity index (χ2v) is 4.52. The molecule has 3 unspecified atom stereocenters. The van der Waals surface area contributed by atoms with Crippen LogP contribution in [0, 0.1) is 0 Å². The van der Waals surface area contributed by atoms with Gasteiger partial charge in [0.1, 0.15) is 6.10 Å². The van der Waals surface area contributed by atoms with Crippen molar-refractivity contribution in [1.29, 1.82) is 0 Å². The number of phosphoric ester groups is 1. The average Bonchev–Trinajstić information content (AvgIpc) is 2.56. The van der Waals surface area contributed by atoms with E-state index in [0.717, 1.165) is 7.11 Å². The number of rotatable bonds is 5. The largest absolute Gasteiger partial charge is 0.527 e. The van der Waals surface area contributed by atoms with Gasteiger partial charge in [0.05, 0.1) is 6.61 Å². The number of carbonyl (C=O) groups is 1. The first-order chi connectivity index (χ1) is 7.82. The maximum Gasteiger partial charge on any atom is 0.527 e. The highest BCUT2D eigenvalue weighted by Crippen LogP contribution is 2.47. The molecule has 10 heteroatoms. The Labute approximate surface area is 95.5 Å². The molecular weight excluding hydrogens is 259 g/mol. The molecule has 1 aliphatic rings. The monoisotopic (exact) mass is 270 g/mol. The van der Waals surface area contributed by atoms with E-state index >= 15 is 0 Å². The van der Waals surface area contributed by atoms with Crippen LogP contribution >= 0.6 is 7.82 Å². The molecule has 0 saturated heterocycles. The Kier molecular flexibility index (Phi) is 4.12. The first kappa shape index (κ1) is 13.9. The Hall–Kier alpha value is -1.12. The summed E-state index contributed by atoms with van der Waals surface area (Å²) in [5.41, 5.74) is 0. The summed E-state index contributed by atoms with van der Waals surface area (Å²) in [6.07, 6.45) is -3.17. The number of aliphatic hydroxyl groups is 3. The fourth-order valence-electron chi connectivity index (χ4n) is 1.07. The fraction of sp³-hybridized carbons (Fsp3) is 0.571. The lowest BCUT2D eigenvalue weighted by molar-refractivity contribution is -0.147. The Bertz CT molecular complexity index is 389. The topological polar surface area (TPSA) is 143 Å². The number of aliphatic hydroxyl groups excluding tert-OH is 3. The van der Waals surface area contributed by atoms with Crippen LogP contribution in [0.4, 0.5) is 0 Å². The van der Waals surface area contributed by atoms with E-state index in [-0.39, 0.29) is 0 Å². The molecule has 0 saturated carbocycles. The molecule has 4 N–H and O–H groups in total. The van der Waals surface area contributed by atoms with E-state index in [1.807, 2.05) is 0 Å². The van der Waals surface area contributed by atoms with E-state index in [4.69, 9.17) is 10.00 Å². The van der Waals surface area contributed by atoms with E-state index in [1.165, 1.54) is 0 Å². The van der Waals surface area contributed by atoms with Crippen LogP contribution in [-0.4, -0.2) is 52.1 Å². The number of carbonyl (C=O) groups excluding carboxylic acids is 1. The Morgan fingerprint density at radius 3 is 2.65 bits per heavy atom. The van der Waals surface area contributed by atoms with Crippen LogP contribution in [0.2, 0.25) is 0 Å². The van der Waals surface area contributed by atoms with Crippen LogP contribution in [0.15, 0.2) is 11.5 Å². The van der Waals surface area contributed by atoms with E-state index in [9.17, 15) is 19.6 Å². The third-order valence-corrected chi connectivity index (χ3v) is 2.79. The molecule has 0 aromatic rings. The second-order valence-electron chi connectivity index (χ2n) is 3.03. The van der Waals surface area contributed by atoms with Crippen molar-refractivity contribution in [2.24, 2.45) is 0 Å². The van der Waals surface area contributed by atoms with E-state index in [2.05, 4.69) is 13.8 Å². The van der Waals surface area contributed by atoms with Crippen LogP contribution < -0.4 is 0 Å². The van der Waals surface area contributed by atoms with Gasteiger partial charge in [0.25, 0.3) is 0 Å². The Morgan fingerprint density at radius 2 is 2.18 bits per heavy atom. The van der Waals surface area contributed by atoms with Crippen molar-refractivity contribution in [2.45, 2.75) is 12.2 Å². The Morgan fingerprint density at radius 1 is 1.59 bits per heavy atom. The second kappa shape index (κ2) is 5.03. The van der Waals surface area contributed by atoms with Crippen molar-refractivity contribution in [2.75, 3.05) is 13.7 Å².